The SMILES string of the molecule is CCCCN(CC(=O)NC(=O)NCC)Cc1nc2ccccc2c(=O)[nH]1. The van der Waals surface area contributed by atoms with Gasteiger partial charge in [0.1, 0.15) is 5.82 Å². The molecule has 0 saturated heterocycles. The van der Waals surface area contributed by atoms with E-state index in [1.165, 1.54) is 0 Å². The lowest BCUT2D eigenvalue weighted by Crippen LogP contribution is -2.44. The van der Waals surface area contributed by atoms with Gasteiger partial charge in [-0.3, -0.25) is 19.8 Å². The lowest BCUT2D eigenvalue weighted by atomic mass is 10.2. The summed E-state index contributed by atoms with van der Waals surface area (Å²) in [6, 6.07) is 6.61. The van der Waals surface area contributed by atoms with E-state index in [-0.39, 0.29) is 12.1 Å². The molecule has 0 aliphatic carbocycles. The monoisotopic (exact) mass is 359 g/mol. The molecule has 0 unspecified atom stereocenters. The number of amides is 3. The lowest BCUT2D eigenvalue weighted by molar-refractivity contribution is -0.121. The minimum atomic E-state index is -0.509. The summed E-state index contributed by atoms with van der Waals surface area (Å²) in [6.07, 6.45) is 1.86. The Hall–Kier alpha value is -2.74. The molecule has 1 heterocycles. The minimum Gasteiger partial charge on any atom is -0.338 e. The average Bonchev–Trinajstić information content (AvgIpc) is 2.59. The Morgan fingerprint density at radius 2 is 2.00 bits per heavy atom. The number of nitrogens with one attached hydrogen (secondary N) is 3. The summed E-state index contributed by atoms with van der Waals surface area (Å²) in [5.41, 5.74) is 0.418. The molecule has 8 heteroatoms. The van der Waals surface area contributed by atoms with Crippen LogP contribution in [-0.2, 0) is 11.3 Å². The van der Waals surface area contributed by atoms with Gasteiger partial charge in [0.2, 0.25) is 5.91 Å². The van der Waals surface area contributed by atoms with Crippen molar-refractivity contribution in [1.82, 2.24) is 25.5 Å². The summed E-state index contributed by atoms with van der Waals surface area (Å²) >= 11 is 0. The summed E-state index contributed by atoms with van der Waals surface area (Å²) in [5.74, 6) is 0.103. The fourth-order valence-electron chi connectivity index (χ4n) is 2.59. The number of carbonyl (C=O) groups is 2. The van der Waals surface area contributed by atoms with E-state index in [0.717, 1.165) is 12.8 Å². The first-order valence-corrected chi connectivity index (χ1v) is 8.81. The topological polar surface area (TPSA) is 107 Å². The van der Waals surface area contributed by atoms with E-state index in [2.05, 4.69) is 27.5 Å². The fourth-order valence-corrected chi connectivity index (χ4v) is 2.59. The van der Waals surface area contributed by atoms with Crippen molar-refractivity contribution in [2.24, 2.45) is 0 Å². The molecule has 0 aliphatic heterocycles. The second-order valence-electron chi connectivity index (χ2n) is 6.00. The summed E-state index contributed by atoms with van der Waals surface area (Å²) < 4.78 is 0. The lowest BCUT2D eigenvalue weighted by Gasteiger charge is -2.21. The number of fused-ring (bicyclic) bond motifs is 1. The van der Waals surface area contributed by atoms with Crippen LogP contribution >= 0.6 is 0 Å². The molecule has 2 rings (SSSR count). The Bertz CT molecular complexity index is 818. The maximum Gasteiger partial charge on any atom is 0.321 e. The highest BCUT2D eigenvalue weighted by atomic mass is 16.2. The molecule has 0 radical (unpaired) electrons. The van der Waals surface area contributed by atoms with E-state index < -0.39 is 11.9 Å². The molecule has 0 spiro atoms. The number of aromatic nitrogens is 2. The first-order chi connectivity index (χ1) is 12.5. The minimum absolute atomic E-state index is 0.0493. The van der Waals surface area contributed by atoms with Crippen LogP contribution in [0.5, 0.6) is 0 Å². The van der Waals surface area contributed by atoms with Crippen LogP contribution in [-0.4, -0.2) is 46.4 Å². The van der Waals surface area contributed by atoms with Crippen molar-refractivity contribution < 1.29 is 9.59 Å². The third-order valence-corrected chi connectivity index (χ3v) is 3.82. The highest BCUT2D eigenvalue weighted by molar-refractivity contribution is 5.95. The summed E-state index contributed by atoms with van der Waals surface area (Å²) in [5, 5.41) is 5.35. The molecule has 1 aromatic heterocycles. The number of urea groups is 1. The zero-order valence-electron chi connectivity index (χ0n) is 15.2. The van der Waals surface area contributed by atoms with Crippen LogP contribution in [0.4, 0.5) is 4.79 Å². The predicted molar refractivity (Wildman–Crippen MR) is 99.8 cm³/mol. The Kier molecular flexibility index (Phi) is 7.28. The normalized spacial score (nSPS) is 10.9. The number of para-hydroxylation sites is 1. The Morgan fingerprint density at radius 1 is 1.23 bits per heavy atom. The van der Waals surface area contributed by atoms with Crippen molar-refractivity contribution in [1.29, 1.82) is 0 Å². The van der Waals surface area contributed by atoms with Crippen molar-refractivity contribution in [3.63, 3.8) is 0 Å². The van der Waals surface area contributed by atoms with Gasteiger partial charge in [-0.05, 0) is 32.0 Å². The molecular weight excluding hydrogens is 334 g/mol. The number of benzene rings is 1. The maximum atomic E-state index is 12.2. The van der Waals surface area contributed by atoms with E-state index in [1.54, 1.807) is 25.1 Å². The number of nitrogens with zero attached hydrogens (tertiary/aromatic N) is 2. The van der Waals surface area contributed by atoms with Crippen LogP contribution in [0.3, 0.4) is 0 Å². The second-order valence-corrected chi connectivity index (χ2v) is 6.00. The molecule has 2 aromatic rings. The molecule has 26 heavy (non-hydrogen) atoms. The van der Waals surface area contributed by atoms with E-state index in [9.17, 15) is 14.4 Å². The molecule has 0 saturated carbocycles. The van der Waals surface area contributed by atoms with Gasteiger partial charge in [-0.15, -0.1) is 0 Å². The first kappa shape index (κ1) is 19.6. The van der Waals surface area contributed by atoms with Crippen molar-refractivity contribution in [3.8, 4) is 0 Å². The van der Waals surface area contributed by atoms with Crippen molar-refractivity contribution in [2.75, 3.05) is 19.6 Å². The highest BCUT2D eigenvalue weighted by Gasteiger charge is 2.15. The van der Waals surface area contributed by atoms with Gasteiger partial charge in [-0.1, -0.05) is 25.5 Å². The van der Waals surface area contributed by atoms with Crippen LogP contribution in [0.1, 0.15) is 32.5 Å². The molecule has 1 aromatic carbocycles. The van der Waals surface area contributed by atoms with E-state index in [0.29, 0.717) is 36.4 Å². The van der Waals surface area contributed by atoms with Gasteiger partial charge in [0.25, 0.3) is 5.56 Å². The molecule has 0 bridgehead atoms. The number of hydrogen-bond acceptors (Lipinski definition) is 5. The van der Waals surface area contributed by atoms with Gasteiger partial charge in [0, 0.05) is 6.54 Å². The summed E-state index contributed by atoms with van der Waals surface area (Å²) in [6.45, 7) is 5.32. The van der Waals surface area contributed by atoms with E-state index in [1.807, 2.05) is 11.0 Å². The van der Waals surface area contributed by atoms with Gasteiger partial charge in [-0.2, -0.15) is 0 Å². The number of unbranched alkanes of at least 4 members (excludes halogenated alkanes) is 1. The number of imide groups is 1. The van der Waals surface area contributed by atoms with E-state index in [4.69, 9.17) is 0 Å². The largest absolute Gasteiger partial charge is 0.338 e. The molecule has 0 atom stereocenters. The van der Waals surface area contributed by atoms with Gasteiger partial charge in [-0.25, -0.2) is 9.78 Å². The Balaban J connectivity index is 2.10. The molecule has 0 aliphatic rings. The Morgan fingerprint density at radius 3 is 2.73 bits per heavy atom. The molecule has 3 N–H and O–H groups in total. The van der Waals surface area contributed by atoms with Crippen LogP contribution in [0.2, 0.25) is 0 Å². The third kappa shape index (κ3) is 5.66. The van der Waals surface area contributed by atoms with Gasteiger partial charge in [0.05, 0.1) is 24.0 Å². The van der Waals surface area contributed by atoms with Crippen LogP contribution in [0.15, 0.2) is 29.1 Å². The van der Waals surface area contributed by atoms with Crippen molar-refractivity contribution in [3.05, 3.63) is 40.4 Å². The number of carbonyl (C=O) groups excluding carboxylic acids is 2. The maximum absolute atomic E-state index is 12.2. The third-order valence-electron chi connectivity index (χ3n) is 3.82. The zero-order valence-corrected chi connectivity index (χ0v) is 15.2. The molecule has 0 fully saturated rings. The molecule has 3 amide bonds. The zero-order chi connectivity index (χ0) is 18.9. The highest BCUT2D eigenvalue weighted by Crippen LogP contribution is 2.07. The van der Waals surface area contributed by atoms with Gasteiger partial charge >= 0.3 is 6.03 Å². The van der Waals surface area contributed by atoms with Gasteiger partial charge in [0.15, 0.2) is 0 Å². The van der Waals surface area contributed by atoms with Crippen LogP contribution < -0.4 is 16.2 Å². The van der Waals surface area contributed by atoms with Gasteiger partial charge < -0.3 is 10.3 Å². The molecular formula is C18H25N5O3. The van der Waals surface area contributed by atoms with Crippen molar-refractivity contribution >= 4 is 22.8 Å². The smallest absolute Gasteiger partial charge is 0.321 e. The predicted octanol–water partition coefficient (Wildman–Crippen LogP) is 1.37. The van der Waals surface area contributed by atoms with Crippen LogP contribution in [0, 0.1) is 0 Å². The number of H-pyrrole nitrogens is 1. The fraction of sp³-hybridized carbons (Fsp3) is 0.444. The molecule has 140 valence electrons. The first-order valence-electron chi connectivity index (χ1n) is 8.81. The molecule has 8 nitrogen and oxygen atoms in total. The number of rotatable bonds is 8. The standard InChI is InChI=1S/C18H25N5O3/c1-3-5-10-23(12-16(24)22-18(26)19-4-2)11-15-20-14-9-7-6-8-13(14)17(25)21-15/h6-9H,3-5,10-12H2,1-2H3,(H,20,21,25)(H2,19,22,24,26). The second kappa shape index (κ2) is 9.67. The quantitative estimate of drug-likeness (QED) is 0.660. The average molecular weight is 359 g/mol. The summed E-state index contributed by atoms with van der Waals surface area (Å²) in [7, 11) is 0. The van der Waals surface area contributed by atoms with E-state index >= 15 is 0 Å². The van der Waals surface area contributed by atoms with Crippen LogP contribution in [0.25, 0.3) is 10.9 Å². The Labute approximate surface area is 152 Å². The van der Waals surface area contributed by atoms with Crippen molar-refractivity contribution in [2.45, 2.75) is 33.2 Å². The number of hydrogen-bond donors (Lipinski definition) is 3. The summed E-state index contributed by atoms with van der Waals surface area (Å²) in [4.78, 5) is 44.8. The number of aromatic amines is 1.